The van der Waals surface area contributed by atoms with Gasteiger partial charge in [-0.25, -0.2) is 13.1 Å². The summed E-state index contributed by atoms with van der Waals surface area (Å²) in [6.45, 7) is 2.32. The first-order valence-corrected chi connectivity index (χ1v) is 8.63. The number of hydrogen-bond donors (Lipinski definition) is 2. The highest BCUT2D eigenvalue weighted by atomic mass is 35.5. The Morgan fingerprint density at radius 1 is 1.35 bits per heavy atom. The molecule has 0 atom stereocenters. The number of benzene rings is 1. The Bertz CT molecular complexity index is 711. The number of thiophene rings is 1. The van der Waals surface area contributed by atoms with Gasteiger partial charge in [-0.15, -0.1) is 11.3 Å². The van der Waals surface area contributed by atoms with Crippen molar-refractivity contribution in [3.63, 3.8) is 0 Å². The molecule has 1 aromatic carbocycles. The number of nitrogens with one attached hydrogen (secondary N) is 1. The Kier molecular flexibility index (Phi) is 4.82. The number of aryl methyl sites for hydroxylation is 1. The summed E-state index contributed by atoms with van der Waals surface area (Å²) in [5, 5.41) is 0.582. The second-order valence-corrected chi connectivity index (χ2v) is 7.80. The normalized spacial score (nSPS) is 11.8. The first-order chi connectivity index (χ1) is 9.42. The first-order valence-electron chi connectivity index (χ1n) is 5.96. The minimum Gasteiger partial charge on any atom is -0.326 e. The van der Waals surface area contributed by atoms with E-state index >= 15 is 0 Å². The summed E-state index contributed by atoms with van der Waals surface area (Å²) in [6.07, 6.45) is 0. The minimum atomic E-state index is -3.53. The van der Waals surface area contributed by atoms with Gasteiger partial charge >= 0.3 is 0 Å². The topological polar surface area (TPSA) is 72.2 Å². The molecule has 0 unspecified atom stereocenters. The van der Waals surface area contributed by atoms with Crippen LogP contribution in [0.2, 0.25) is 5.02 Å². The summed E-state index contributed by atoms with van der Waals surface area (Å²) >= 11 is 7.27. The van der Waals surface area contributed by atoms with Crippen molar-refractivity contribution in [3.05, 3.63) is 50.7 Å². The van der Waals surface area contributed by atoms with Gasteiger partial charge < -0.3 is 5.73 Å². The molecule has 1 heterocycles. The van der Waals surface area contributed by atoms with E-state index in [0.717, 1.165) is 15.3 Å². The molecule has 0 spiro atoms. The van der Waals surface area contributed by atoms with E-state index in [1.165, 1.54) is 11.3 Å². The molecule has 4 nitrogen and oxygen atoms in total. The van der Waals surface area contributed by atoms with Crippen molar-refractivity contribution in [2.75, 3.05) is 0 Å². The minimum absolute atomic E-state index is 0.205. The monoisotopic (exact) mass is 330 g/mol. The van der Waals surface area contributed by atoms with Crippen LogP contribution in [-0.4, -0.2) is 8.42 Å². The zero-order valence-corrected chi connectivity index (χ0v) is 13.3. The molecular formula is C13H15ClN2O2S2. The van der Waals surface area contributed by atoms with Crippen LogP contribution in [0.25, 0.3) is 0 Å². The molecule has 0 radical (unpaired) electrons. The Balaban J connectivity index is 2.17. The molecule has 7 heteroatoms. The van der Waals surface area contributed by atoms with Crippen molar-refractivity contribution < 1.29 is 8.42 Å². The molecule has 0 aliphatic heterocycles. The van der Waals surface area contributed by atoms with Gasteiger partial charge in [0.1, 0.15) is 0 Å². The lowest BCUT2D eigenvalue weighted by atomic mass is 10.2. The lowest BCUT2D eigenvalue weighted by Crippen LogP contribution is -2.23. The summed E-state index contributed by atoms with van der Waals surface area (Å²) in [4.78, 5) is 1.89. The van der Waals surface area contributed by atoms with Crippen LogP contribution in [0, 0.1) is 6.92 Å². The third-order valence-corrected chi connectivity index (χ3v) is 5.73. The third kappa shape index (κ3) is 3.59. The maximum Gasteiger partial charge on any atom is 0.241 e. The maximum atomic E-state index is 12.3. The van der Waals surface area contributed by atoms with Crippen LogP contribution in [0.3, 0.4) is 0 Å². The van der Waals surface area contributed by atoms with Gasteiger partial charge in [0.05, 0.1) is 4.90 Å². The van der Waals surface area contributed by atoms with Crippen LogP contribution in [-0.2, 0) is 23.1 Å². The molecular weight excluding hydrogens is 316 g/mol. The fourth-order valence-corrected chi connectivity index (χ4v) is 4.54. The van der Waals surface area contributed by atoms with Crippen molar-refractivity contribution in [2.45, 2.75) is 24.9 Å². The highest BCUT2D eigenvalue weighted by Gasteiger charge is 2.19. The van der Waals surface area contributed by atoms with E-state index in [-0.39, 0.29) is 6.54 Å². The van der Waals surface area contributed by atoms with Crippen LogP contribution < -0.4 is 10.5 Å². The van der Waals surface area contributed by atoms with Crippen LogP contribution >= 0.6 is 22.9 Å². The molecule has 0 saturated heterocycles. The predicted octanol–water partition coefficient (Wildman–Crippen LogP) is 2.65. The molecule has 2 aromatic rings. The van der Waals surface area contributed by atoms with Gasteiger partial charge in [0.15, 0.2) is 0 Å². The van der Waals surface area contributed by atoms with Crippen molar-refractivity contribution in [1.29, 1.82) is 0 Å². The van der Waals surface area contributed by atoms with Gasteiger partial charge in [-0.3, -0.25) is 0 Å². The molecule has 3 N–H and O–H groups in total. The number of rotatable bonds is 5. The summed E-state index contributed by atoms with van der Waals surface area (Å²) in [5.41, 5.74) is 6.35. The van der Waals surface area contributed by atoms with E-state index in [9.17, 15) is 8.42 Å². The summed E-state index contributed by atoms with van der Waals surface area (Å²) in [6, 6.07) is 8.71. The standard InChI is InChI=1S/C13H15ClN2O2S2/c1-9-13(6-12(7-15)19-9)20(17,18)16-8-10-3-2-4-11(14)5-10/h2-6,16H,7-8,15H2,1H3. The molecule has 0 fully saturated rings. The Morgan fingerprint density at radius 2 is 2.10 bits per heavy atom. The second-order valence-electron chi connectivity index (χ2n) is 4.29. The molecule has 0 amide bonds. The number of sulfonamides is 1. The van der Waals surface area contributed by atoms with Crippen molar-refractivity contribution in [3.8, 4) is 0 Å². The molecule has 20 heavy (non-hydrogen) atoms. The largest absolute Gasteiger partial charge is 0.326 e. The molecule has 0 bridgehead atoms. The average molecular weight is 331 g/mol. The number of nitrogens with two attached hydrogens (primary N) is 1. The van der Waals surface area contributed by atoms with Gasteiger partial charge in [0.25, 0.3) is 0 Å². The lowest BCUT2D eigenvalue weighted by molar-refractivity contribution is 0.581. The van der Waals surface area contributed by atoms with E-state index in [1.54, 1.807) is 31.2 Å². The van der Waals surface area contributed by atoms with E-state index < -0.39 is 10.0 Å². The van der Waals surface area contributed by atoms with Crippen LogP contribution in [0.5, 0.6) is 0 Å². The number of hydrogen-bond acceptors (Lipinski definition) is 4. The quantitative estimate of drug-likeness (QED) is 0.885. The van der Waals surface area contributed by atoms with Gasteiger partial charge in [0.2, 0.25) is 10.0 Å². The zero-order valence-electron chi connectivity index (χ0n) is 10.9. The Morgan fingerprint density at radius 3 is 2.70 bits per heavy atom. The van der Waals surface area contributed by atoms with Gasteiger partial charge in [-0.05, 0) is 30.7 Å². The van der Waals surface area contributed by atoms with Crippen molar-refractivity contribution >= 4 is 33.0 Å². The fraction of sp³-hybridized carbons (Fsp3) is 0.231. The third-order valence-electron chi connectivity index (χ3n) is 2.77. The predicted molar refractivity (Wildman–Crippen MR) is 82.4 cm³/mol. The molecule has 108 valence electrons. The van der Waals surface area contributed by atoms with E-state index in [1.807, 2.05) is 6.07 Å². The zero-order chi connectivity index (χ0) is 14.8. The second kappa shape index (κ2) is 6.24. The van der Waals surface area contributed by atoms with Crippen molar-refractivity contribution in [1.82, 2.24) is 4.72 Å². The summed E-state index contributed by atoms with van der Waals surface area (Å²) in [7, 11) is -3.53. The van der Waals surface area contributed by atoms with E-state index in [2.05, 4.69) is 4.72 Å². The van der Waals surface area contributed by atoms with Gasteiger partial charge in [-0.2, -0.15) is 0 Å². The SMILES string of the molecule is Cc1sc(CN)cc1S(=O)(=O)NCc1cccc(Cl)c1. The van der Waals surface area contributed by atoms with Crippen LogP contribution in [0.15, 0.2) is 35.2 Å². The van der Waals surface area contributed by atoms with Crippen LogP contribution in [0.1, 0.15) is 15.3 Å². The molecule has 0 saturated carbocycles. The highest BCUT2D eigenvalue weighted by Crippen LogP contribution is 2.25. The summed E-state index contributed by atoms with van der Waals surface area (Å²) in [5.74, 6) is 0. The van der Waals surface area contributed by atoms with Gasteiger partial charge in [0, 0.05) is 27.9 Å². The molecule has 0 aliphatic rings. The van der Waals surface area contributed by atoms with Gasteiger partial charge in [-0.1, -0.05) is 23.7 Å². The molecule has 1 aromatic heterocycles. The fourth-order valence-electron chi connectivity index (χ4n) is 1.79. The van der Waals surface area contributed by atoms with Crippen LogP contribution in [0.4, 0.5) is 0 Å². The first kappa shape index (κ1) is 15.5. The highest BCUT2D eigenvalue weighted by molar-refractivity contribution is 7.89. The summed E-state index contributed by atoms with van der Waals surface area (Å²) < 4.78 is 27.1. The molecule has 2 rings (SSSR count). The lowest BCUT2D eigenvalue weighted by Gasteiger charge is -2.06. The Labute approximate surface area is 127 Å². The van der Waals surface area contributed by atoms with Crippen molar-refractivity contribution in [2.24, 2.45) is 5.73 Å². The average Bonchev–Trinajstić information content (AvgIpc) is 2.79. The maximum absolute atomic E-state index is 12.3. The smallest absolute Gasteiger partial charge is 0.241 e. The molecule has 0 aliphatic carbocycles. The number of halogens is 1. The van der Waals surface area contributed by atoms with E-state index in [4.69, 9.17) is 17.3 Å². The van der Waals surface area contributed by atoms with E-state index in [0.29, 0.717) is 16.5 Å². The Hall–Kier alpha value is -0.920.